The molecule has 2 aromatic carbocycles. The fourth-order valence-electron chi connectivity index (χ4n) is 1.84. The van der Waals surface area contributed by atoms with Crippen molar-refractivity contribution < 1.29 is 17.9 Å². The molecule has 2 aromatic rings. The third-order valence-corrected chi connectivity index (χ3v) is 4.00. The molecule has 0 atom stereocenters. The first-order valence-electron chi connectivity index (χ1n) is 6.05. The minimum atomic E-state index is -3.26. The van der Waals surface area contributed by atoms with Crippen molar-refractivity contribution in [3.8, 4) is 11.5 Å². The summed E-state index contributed by atoms with van der Waals surface area (Å²) in [7, 11) is -1.67. The molecular formula is C15H16O4S. The van der Waals surface area contributed by atoms with Gasteiger partial charge in [0, 0.05) is 17.9 Å². The molecule has 0 saturated heterocycles. The van der Waals surface area contributed by atoms with Crippen molar-refractivity contribution >= 4 is 9.84 Å². The highest BCUT2D eigenvalue weighted by atomic mass is 32.2. The fraction of sp³-hybridized carbons (Fsp3) is 0.200. The minimum Gasteiger partial charge on any atom is -0.497 e. The van der Waals surface area contributed by atoms with Crippen LogP contribution in [0.2, 0.25) is 0 Å². The molecule has 0 saturated carbocycles. The second-order valence-electron chi connectivity index (χ2n) is 4.35. The van der Waals surface area contributed by atoms with Crippen molar-refractivity contribution in [1.29, 1.82) is 0 Å². The Morgan fingerprint density at radius 1 is 1.00 bits per heavy atom. The highest BCUT2D eigenvalue weighted by Crippen LogP contribution is 2.22. The van der Waals surface area contributed by atoms with Crippen LogP contribution in [0.15, 0.2) is 53.4 Å². The molecule has 0 unspecified atom stereocenters. The van der Waals surface area contributed by atoms with Gasteiger partial charge in [-0.2, -0.15) is 0 Å². The third-order valence-electron chi connectivity index (χ3n) is 2.81. The van der Waals surface area contributed by atoms with Gasteiger partial charge in [0.1, 0.15) is 18.1 Å². The lowest BCUT2D eigenvalue weighted by Crippen LogP contribution is -2.05. The Morgan fingerprint density at radius 2 is 1.70 bits per heavy atom. The van der Waals surface area contributed by atoms with Crippen LogP contribution in [-0.2, 0) is 16.4 Å². The SMILES string of the molecule is COc1cccc(OCc2ccccc2S(C)(=O)=O)c1. The lowest BCUT2D eigenvalue weighted by Gasteiger charge is -2.10. The van der Waals surface area contributed by atoms with Gasteiger partial charge in [0.2, 0.25) is 0 Å². The van der Waals surface area contributed by atoms with Crippen molar-refractivity contribution in [2.75, 3.05) is 13.4 Å². The summed E-state index contributed by atoms with van der Waals surface area (Å²) in [6, 6.07) is 14.0. The van der Waals surface area contributed by atoms with Crippen molar-refractivity contribution in [3.63, 3.8) is 0 Å². The molecule has 106 valence electrons. The first-order valence-corrected chi connectivity index (χ1v) is 7.94. The Labute approximate surface area is 118 Å². The van der Waals surface area contributed by atoms with E-state index in [1.54, 1.807) is 43.5 Å². The normalized spacial score (nSPS) is 11.1. The standard InChI is InChI=1S/C15H16O4S/c1-18-13-7-5-8-14(10-13)19-11-12-6-3-4-9-15(12)20(2,16)17/h3-10H,11H2,1-2H3. The van der Waals surface area contributed by atoms with Crippen LogP contribution in [-0.4, -0.2) is 21.8 Å². The van der Waals surface area contributed by atoms with Gasteiger partial charge in [0.05, 0.1) is 12.0 Å². The maximum absolute atomic E-state index is 11.7. The first-order chi connectivity index (χ1) is 9.50. The van der Waals surface area contributed by atoms with Gasteiger partial charge in [-0.15, -0.1) is 0 Å². The number of methoxy groups -OCH3 is 1. The van der Waals surface area contributed by atoms with E-state index in [9.17, 15) is 8.42 Å². The first kappa shape index (κ1) is 14.4. The monoisotopic (exact) mass is 292 g/mol. The highest BCUT2D eigenvalue weighted by molar-refractivity contribution is 7.90. The molecule has 0 aliphatic heterocycles. The molecule has 0 radical (unpaired) electrons. The van der Waals surface area contributed by atoms with Gasteiger partial charge in [-0.3, -0.25) is 0 Å². The number of hydrogen-bond donors (Lipinski definition) is 0. The summed E-state index contributed by atoms with van der Waals surface area (Å²) in [5.74, 6) is 1.33. The molecule has 0 spiro atoms. The maximum Gasteiger partial charge on any atom is 0.175 e. The van der Waals surface area contributed by atoms with Crippen molar-refractivity contribution in [3.05, 3.63) is 54.1 Å². The summed E-state index contributed by atoms with van der Waals surface area (Å²) in [6.45, 7) is 0.191. The smallest absolute Gasteiger partial charge is 0.175 e. The predicted octanol–water partition coefficient (Wildman–Crippen LogP) is 2.68. The van der Waals surface area contributed by atoms with Gasteiger partial charge >= 0.3 is 0 Å². The molecule has 0 heterocycles. The third kappa shape index (κ3) is 3.51. The number of benzene rings is 2. The summed E-state index contributed by atoms with van der Waals surface area (Å²) in [6.07, 6.45) is 1.19. The van der Waals surface area contributed by atoms with Crippen LogP contribution in [0, 0.1) is 0 Å². The maximum atomic E-state index is 11.7. The van der Waals surface area contributed by atoms with E-state index in [4.69, 9.17) is 9.47 Å². The van der Waals surface area contributed by atoms with Gasteiger partial charge in [-0.1, -0.05) is 24.3 Å². The molecule has 5 heteroatoms. The van der Waals surface area contributed by atoms with Crippen molar-refractivity contribution in [1.82, 2.24) is 0 Å². The van der Waals surface area contributed by atoms with Crippen LogP contribution >= 0.6 is 0 Å². The minimum absolute atomic E-state index is 0.191. The quantitative estimate of drug-likeness (QED) is 0.850. The van der Waals surface area contributed by atoms with Gasteiger partial charge in [0.25, 0.3) is 0 Å². The van der Waals surface area contributed by atoms with Crippen LogP contribution in [0.5, 0.6) is 11.5 Å². The zero-order valence-electron chi connectivity index (χ0n) is 11.4. The van der Waals surface area contributed by atoms with E-state index in [-0.39, 0.29) is 6.61 Å². The van der Waals surface area contributed by atoms with Crippen LogP contribution in [0.3, 0.4) is 0 Å². The largest absolute Gasteiger partial charge is 0.497 e. The fourth-order valence-corrected chi connectivity index (χ4v) is 2.77. The van der Waals surface area contributed by atoms with E-state index in [2.05, 4.69) is 0 Å². The summed E-state index contributed by atoms with van der Waals surface area (Å²) < 4.78 is 34.1. The van der Waals surface area contributed by atoms with E-state index >= 15 is 0 Å². The van der Waals surface area contributed by atoms with E-state index in [1.807, 2.05) is 12.1 Å². The predicted molar refractivity (Wildman–Crippen MR) is 76.9 cm³/mol. The van der Waals surface area contributed by atoms with E-state index in [0.29, 0.717) is 22.0 Å². The van der Waals surface area contributed by atoms with Crippen molar-refractivity contribution in [2.24, 2.45) is 0 Å². The molecule has 20 heavy (non-hydrogen) atoms. The van der Waals surface area contributed by atoms with Crippen LogP contribution < -0.4 is 9.47 Å². The molecule has 2 rings (SSSR count). The second kappa shape index (κ2) is 5.96. The molecule has 0 N–H and O–H groups in total. The molecule has 0 bridgehead atoms. The number of sulfone groups is 1. The number of ether oxygens (including phenoxy) is 2. The average molecular weight is 292 g/mol. The second-order valence-corrected chi connectivity index (χ2v) is 6.33. The number of hydrogen-bond acceptors (Lipinski definition) is 4. The summed E-state index contributed by atoms with van der Waals surface area (Å²) in [5.41, 5.74) is 0.637. The van der Waals surface area contributed by atoms with Crippen LogP contribution in [0.1, 0.15) is 5.56 Å². The molecule has 0 aliphatic rings. The van der Waals surface area contributed by atoms with Gasteiger partial charge < -0.3 is 9.47 Å². The van der Waals surface area contributed by atoms with Gasteiger partial charge in [-0.05, 0) is 18.2 Å². The zero-order valence-corrected chi connectivity index (χ0v) is 12.2. The Bertz CT molecular complexity index is 693. The Balaban J connectivity index is 2.19. The molecule has 0 amide bonds. The molecule has 0 fully saturated rings. The Hall–Kier alpha value is -2.01. The Morgan fingerprint density at radius 3 is 2.40 bits per heavy atom. The van der Waals surface area contributed by atoms with Crippen molar-refractivity contribution in [2.45, 2.75) is 11.5 Å². The lowest BCUT2D eigenvalue weighted by atomic mass is 10.2. The summed E-state index contributed by atoms with van der Waals surface area (Å²) in [4.78, 5) is 0.294. The molecule has 0 aliphatic carbocycles. The van der Waals surface area contributed by atoms with Gasteiger partial charge in [-0.25, -0.2) is 8.42 Å². The summed E-state index contributed by atoms with van der Waals surface area (Å²) >= 11 is 0. The summed E-state index contributed by atoms with van der Waals surface area (Å²) in [5, 5.41) is 0. The topological polar surface area (TPSA) is 52.6 Å². The van der Waals surface area contributed by atoms with Crippen LogP contribution in [0.25, 0.3) is 0 Å². The van der Waals surface area contributed by atoms with E-state index in [1.165, 1.54) is 6.26 Å². The van der Waals surface area contributed by atoms with E-state index in [0.717, 1.165) is 0 Å². The molecule has 4 nitrogen and oxygen atoms in total. The average Bonchev–Trinajstić information content (AvgIpc) is 2.44. The van der Waals surface area contributed by atoms with Crippen LogP contribution in [0.4, 0.5) is 0 Å². The lowest BCUT2D eigenvalue weighted by molar-refractivity contribution is 0.300. The number of rotatable bonds is 5. The molecule has 0 aromatic heterocycles. The zero-order chi connectivity index (χ0) is 14.6. The van der Waals surface area contributed by atoms with Gasteiger partial charge in [0.15, 0.2) is 9.84 Å². The Kier molecular flexibility index (Phi) is 4.29. The highest BCUT2D eigenvalue weighted by Gasteiger charge is 2.12. The molecular weight excluding hydrogens is 276 g/mol. The van der Waals surface area contributed by atoms with E-state index < -0.39 is 9.84 Å².